The molecule has 3 aromatic rings. The van der Waals surface area contributed by atoms with Crippen LogP contribution in [0.5, 0.6) is 0 Å². The lowest BCUT2D eigenvalue weighted by atomic mass is 9.89. The minimum Gasteiger partial charge on any atom is -0.356 e. The molecule has 0 aliphatic carbocycles. The summed E-state index contributed by atoms with van der Waals surface area (Å²) >= 11 is 0. The number of hydrogen-bond donors (Lipinski definition) is 2. The Morgan fingerprint density at radius 1 is 1.19 bits per heavy atom. The molecule has 0 bridgehead atoms. The molecule has 162 valence electrons. The molecule has 0 spiro atoms. The number of nitrogens with one attached hydrogen (secondary N) is 1. The first kappa shape index (κ1) is 21.1. The molecule has 6 heteroatoms. The monoisotopic (exact) mass is 420 g/mol. The highest BCUT2D eigenvalue weighted by Crippen LogP contribution is 2.40. The van der Waals surface area contributed by atoms with Gasteiger partial charge < -0.3 is 9.88 Å². The number of H-pyrrole nitrogens is 1. The van der Waals surface area contributed by atoms with Crippen LogP contribution in [0.25, 0.3) is 10.9 Å². The zero-order chi connectivity index (χ0) is 22.0. The Labute approximate surface area is 182 Å². The summed E-state index contributed by atoms with van der Waals surface area (Å²) in [5.41, 5.74) is 4.47. The van der Waals surface area contributed by atoms with E-state index in [0.717, 1.165) is 48.9 Å². The number of rotatable bonds is 7. The number of unbranched alkanes of at least 4 members (excludes halogenated alkanes) is 1. The van der Waals surface area contributed by atoms with Gasteiger partial charge in [0.2, 0.25) is 5.91 Å². The van der Waals surface area contributed by atoms with Gasteiger partial charge in [-0.1, -0.05) is 44.9 Å². The van der Waals surface area contributed by atoms with Crippen molar-refractivity contribution in [3.8, 4) is 0 Å². The number of carbonyl (C=O) groups is 1. The van der Waals surface area contributed by atoms with Gasteiger partial charge in [0, 0.05) is 41.2 Å². The summed E-state index contributed by atoms with van der Waals surface area (Å²) in [4.78, 5) is 30.3. The molecule has 6 nitrogen and oxygen atoms in total. The van der Waals surface area contributed by atoms with Crippen LogP contribution in [0.15, 0.2) is 48.5 Å². The van der Waals surface area contributed by atoms with Gasteiger partial charge in [-0.15, -0.1) is 0 Å². The van der Waals surface area contributed by atoms with E-state index in [2.05, 4.69) is 31.0 Å². The summed E-state index contributed by atoms with van der Waals surface area (Å²) in [5, 5.41) is 10.4. The van der Waals surface area contributed by atoms with Crippen LogP contribution in [-0.2, 0) is 11.2 Å². The summed E-state index contributed by atoms with van der Waals surface area (Å²) in [5.74, 6) is 0.212. The number of benzene rings is 2. The number of aromatic amines is 1. The van der Waals surface area contributed by atoms with Gasteiger partial charge in [0.1, 0.15) is 0 Å². The molecule has 2 unspecified atom stereocenters. The Morgan fingerprint density at radius 2 is 1.94 bits per heavy atom. The van der Waals surface area contributed by atoms with Crippen molar-refractivity contribution >= 4 is 22.5 Å². The van der Waals surface area contributed by atoms with E-state index in [0.29, 0.717) is 6.54 Å². The molecule has 2 heterocycles. The lowest BCUT2D eigenvalue weighted by Gasteiger charge is -2.38. The van der Waals surface area contributed by atoms with Crippen molar-refractivity contribution in [1.29, 1.82) is 0 Å². The summed E-state index contributed by atoms with van der Waals surface area (Å²) in [6, 6.07) is 14.8. The molecule has 0 saturated heterocycles. The van der Waals surface area contributed by atoms with Gasteiger partial charge in [-0.25, -0.2) is 5.21 Å². The fourth-order valence-electron chi connectivity index (χ4n) is 4.80. The fourth-order valence-corrected chi connectivity index (χ4v) is 4.80. The average Bonchev–Trinajstić information content (AvgIpc) is 3.17. The fraction of sp³-hybridized carbons (Fsp3) is 0.400. The first-order valence-corrected chi connectivity index (χ1v) is 11.2. The maximum Gasteiger partial charge on any atom is 0.316 e. The minimum atomic E-state index is -0.243. The van der Waals surface area contributed by atoms with E-state index >= 15 is 0 Å². The molecular weight excluding hydrogens is 390 g/mol. The number of amides is 1. The number of nitrogens with zero attached hydrogens (tertiary/aromatic N) is 2. The van der Waals surface area contributed by atoms with E-state index in [1.165, 1.54) is 10.9 Å². The predicted molar refractivity (Wildman–Crippen MR) is 120 cm³/mol. The van der Waals surface area contributed by atoms with E-state index < -0.39 is 0 Å². The van der Waals surface area contributed by atoms with Crippen LogP contribution in [0.3, 0.4) is 0 Å². The standard InChI is InChI=1S/C25H30N3O3/c1-3-5-8-17(4-2)25(29)27-16-15-21-20-9-6-7-10-22(20)26-23(21)24(27)18-11-13-19(14-12-18)28(30)31/h6-7,9-14,17,24,26H,3-5,8,15-16H2,1-2H3,(H,30,31)/q+1. The van der Waals surface area contributed by atoms with Crippen LogP contribution in [0.2, 0.25) is 0 Å². The molecule has 1 aliphatic heterocycles. The summed E-state index contributed by atoms with van der Waals surface area (Å²) in [6.45, 7) is 4.90. The minimum absolute atomic E-state index is 0.0160. The number of aromatic nitrogens is 1. The Kier molecular flexibility index (Phi) is 6.07. The van der Waals surface area contributed by atoms with Crippen LogP contribution in [0.1, 0.15) is 62.4 Å². The first-order chi connectivity index (χ1) is 15.0. The normalized spacial score (nSPS) is 16.8. The second kappa shape index (κ2) is 8.92. The molecule has 2 N–H and O–H groups in total. The van der Waals surface area contributed by atoms with E-state index in [1.807, 2.05) is 29.2 Å². The maximum atomic E-state index is 13.6. The Morgan fingerprint density at radius 3 is 2.61 bits per heavy atom. The number of fused-ring (bicyclic) bond motifs is 3. The quantitative estimate of drug-likeness (QED) is 0.484. The van der Waals surface area contributed by atoms with Crippen LogP contribution >= 0.6 is 0 Å². The van der Waals surface area contributed by atoms with Crippen LogP contribution in [0.4, 0.5) is 5.69 Å². The molecule has 31 heavy (non-hydrogen) atoms. The van der Waals surface area contributed by atoms with Crippen LogP contribution in [-0.4, -0.2) is 32.5 Å². The zero-order valence-corrected chi connectivity index (χ0v) is 18.2. The van der Waals surface area contributed by atoms with Crippen LogP contribution < -0.4 is 0 Å². The van der Waals surface area contributed by atoms with Gasteiger partial charge in [-0.05, 0) is 48.6 Å². The number of carbonyl (C=O) groups excluding carboxylic acids is 1. The molecule has 2 atom stereocenters. The highest BCUT2D eigenvalue weighted by atomic mass is 16.6. The summed E-state index contributed by atoms with van der Waals surface area (Å²) in [6.07, 6.45) is 4.67. The predicted octanol–water partition coefficient (Wildman–Crippen LogP) is 5.66. The van der Waals surface area contributed by atoms with Crippen molar-refractivity contribution in [3.63, 3.8) is 0 Å². The third-order valence-electron chi connectivity index (χ3n) is 6.50. The SMILES string of the molecule is CCCCC(CC)C(=O)N1CCc2c([nH]c3ccccc23)C1c1ccc([N+](=O)O)cc1. The Balaban J connectivity index is 1.79. The molecule has 0 saturated carbocycles. The van der Waals surface area contributed by atoms with Crippen molar-refractivity contribution in [3.05, 3.63) is 70.3 Å². The summed E-state index contributed by atoms with van der Waals surface area (Å²) in [7, 11) is 0. The van der Waals surface area contributed by atoms with Crippen molar-refractivity contribution in [2.75, 3.05) is 6.54 Å². The molecule has 1 aromatic heterocycles. The lowest BCUT2D eigenvalue weighted by Crippen LogP contribution is -2.43. The highest BCUT2D eigenvalue weighted by Gasteiger charge is 2.36. The van der Waals surface area contributed by atoms with E-state index in [1.54, 1.807) is 12.1 Å². The van der Waals surface area contributed by atoms with Crippen molar-refractivity contribution < 1.29 is 14.9 Å². The van der Waals surface area contributed by atoms with Gasteiger partial charge in [-0.2, -0.15) is 0 Å². The highest BCUT2D eigenvalue weighted by molar-refractivity contribution is 5.87. The topological polar surface area (TPSA) is 76.4 Å². The van der Waals surface area contributed by atoms with Crippen molar-refractivity contribution in [2.24, 2.45) is 5.92 Å². The van der Waals surface area contributed by atoms with Gasteiger partial charge >= 0.3 is 5.69 Å². The van der Waals surface area contributed by atoms with Gasteiger partial charge in [-0.3, -0.25) is 4.79 Å². The molecule has 2 aromatic carbocycles. The molecule has 4 rings (SSSR count). The Bertz CT molecular complexity index is 1090. The Hall–Kier alpha value is -3.15. The summed E-state index contributed by atoms with van der Waals surface area (Å²) < 4.78 is 0. The number of para-hydroxylation sites is 1. The van der Waals surface area contributed by atoms with Crippen molar-refractivity contribution in [1.82, 2.24) is 9.88 Å². The van der Waals surface area contributed by atoms with Gasteiger partial charge in [0.05, 0.1) is 10.9 Å². The third-order valence-corrected chi connectivity index (χ3v) is 6.50. The van der Waals surface area contributed by atoms with Crippen molar-refractivity contribution in [2.45, 2.75) is 52.0 Å². The average molecular weight is 421 g/mol. The molecular formula is C25H30N3O3+. The molecule has 1 amide bonds. The number of hydrogen-bond acceptors (Lipinski definition) is 2. The lowest BCUT2D eigenvalue weighted by molar-refractivity contribution is -0.729. The maximum absolute atomic E-state index is 13.6. The second-order valence-electron chi connectivity index (χ2n) is 8.36. The smallest absolute Gasteiger partial charge is 0.316 e. The van der Waals surface area contributed by atoms with Gasteiger partial charge in [0.25, 0.3) is 4.92 Å². The molecule has 0 radical (unpaired) electrons. The second-order valence-corrected chi connectivity index (χ2v) is 8.36. The third kappa shape index (κ3) is 3.94. The molecule has 1 aliphatic rings. The van der Waals surface area contributed by atoms with E-state index in [4.69, 9.17) is 0 Å². The van der Waals surface area contributed by atoms with E-state index in [-0.39, 0.29) is 28.5 Å². The molecule has 0 fully saturated rings. The first-order valence-electron chi connectivity index (χ1n) is 11.2. The van der Waals surface area contributed by atoms with E-state index in [9.17, 15) is 14.9 Å². The van der Waals surface area contributed by atoms with Crippen LogP contribution in [0, 0.1) is 10.8 Å². The van der Waals surface area contributed by atoms with Gasteiger partial charge in [0.15, 0.2) is 0 Å². The largest absolute Gasteiger partial charge is 0.356 e. The zero-order valence-electron chi connectivity index (χ0n) is 18.2.